The van der Waals surface area contributed by atoms with Crippen LogP contribution in [-0.4, -0.2) is 34.9 Å². The smallest absolute Gasteiger partial charge is 0.220 e. The second-order valence-electron chi connectivity index (χ2n) is 14.0. The van der Waals surface area contributed by atoms with E-state index in [-0.39, 0.29) is 12.5 Å². The molecule has 0 saturated heterocycles. The van der Waals surface area contributed by atoms with Gasteiger partial charge >= 0.3 is 0 Å². The summed E-state index contributed by atoms with van der Waals surface area (Å²) < 4.78 is 0. The lowest BCUT2D eigenvalue weighted by molar-refractivity contribution is -0.123. The van der Waals surface area contributed by atoms with Gasteiger partial charge in [0.05, 0.1) is 18.8 Å². The van der Waals surface area contributed by atoms with Gasteiger partial charge in [-0.15, -0.1) is 0 Å². The molecule has 0 radical (unpaired) electrons. The fourth-order valence-electron chi connectivity index (χ4n) is 6.09. The SMILES string of the molecule is CC/C=C/CC/C=C/CC/C=C/C(O)C(CO)NC(=O)CCCCCCCCCCCC/C=C\CCCCCCCCCCCCCC. The van der Waals surface area contributed by atoms with Gasteiger partial charge in [-0.1, -0.05) is 184 Å². The minimum Gasteiger partial charge on any atom is -0.394 e. The van der Waals surface area contributed by atoms with E-state index in [9.17, 15) is 15.0 Å². The van der Waals surface area contributed by atoms with Gasteiger partial charge in [0.25, 0.3) is 0 Å². The Balaban J connectivity index is 3.52. The molecule has 1 amide bonds. The fraction of sp³-hybridized carbons (Fsp3) is 0.795. The molecule has 0 aromatic carbocycles. The normalized spacial score (nSPS) is 13.5. The van der Waals surface area contributed by atoms with Crippen LogP contribution in [0.5, 0.6) is 0 Å². The van der Waals surface area contributed by atoms with E-state index in [0.29, 0.717) is 6.42 Å². The Kier molecular flexibility index (Phi) is 38.4. The minimum absolute atomic E-state index is 0.0826. The van der Waals surface area contributed by atoms with Crippen molar-refractivity contribution >= 4 is 5.91 Å². The first-order valence-electron chi connectivity index (χ1n) is 20.9. The summed E-state index contributed by atoms with van der Waals surface area (Å²) in [6.07, 6.45) is 53.8. The third-order valence-corrected chi connectivity index (χ3v) is 9.27. The summed E-state index contributed by atoms with van der Waals surface area (Å²) in [5.41, 5.74) is 0. The molecule has 0 rings (SSSR count). The summed E-state index contributed by atoms with van der Waals surface area (Å²) in [5.74, 6) is -0.0826. The Morgan fingerprint density at radius 2 is 0.875 bits per heavy atom. The molecule has 0 fully saturated rings. The predicted molar refractivity (Wildman–Crippen MR) is 211 cm³/mol. The molecule has 2 unspecified atom stereocenters. The molecule has 0 aliphatic rings. The van der Waals surface area contributed by atoms with Crippen molar-refractivity contribution in [1.82, 2.24) is 5.32 Å². The van der Waals surface area contributed by atoms with Crippen molar-refractivity contribution in [2.45, 2.75) is 219 Å². The van der Waals surface area contributed by atoms with Crippen LogP contribution in [-0.2, 0) is 4.79 Å². The number of rotatable bonds is 37. The van der Waals surface area contributed by atoms with E-state index in [4.69, 9.17) is 0 Å². The first-order chi connectivity index (χ1) is 23.7. The van der Waals surface area contributed by atoms with Gasteiger partial charge in [0, 0.05) is 6.42 Å². The summed E-state index contributed by atoms with van der Waals surface area (Å²) in [7, 11) is 0. The van der Waals surface area contributed by atoms with Gasteiger partial charge in [-0.2, -0.15) is 0 Å². The van der Waals surface area contributed by atoms with Gasteiger partial charge in [-0.3, -0.25) is 4.79 Å². The molecule has 3 N–H and O–H groups in total. The van der Waals surface area contributed by atoms with Crippen LogP contribution in [0.15, 0.2) is 48.6 Å². The van der Waals surface area contributed by atoms with E-state index in [1.807, 2.05) is 6.08 Å². The highest BCUT2D eigenvalue weighted by Crippen LogP contribution is 2.14. The zero-order valence-corrected chi connectivity index (χ0v) is 32.0. The number of aliphatic hydroxyl groups is 2. The molecule has 4 heteroatoms. The monoisotopic (exact) mass is 672 g/mol. The molecule has 0 aliphatic heterocycles. The van der Waals surface area contributed by atoms with Crippen LogP contribution in [0, 0.1) is 0 Å². The molecule has 0 aliphatic carbocycles. The second kappa shape index (κ2) is 39.8. The highest BCUT2D eigenvalue weighted by molar-refractivity contribution is 5.76. The third kappa shape index (κ3) is 35.7. The van der Waals surface area contributed by atoms with Gasteiger partial charge in [-0.05, 0) is 64.2 Å². The summed E-state index contributed by atoms with van der Waals surface area (Å²) in [4.78, 5) is 12.3. The van der Waals surface area contributed by atoms with E-state index < -0.39 is 12.1 Å². The Morgan fingerprint density at radius 1 is 0.500 bits per heavy atom. The van der Waals surface area contributed by atoms with Crippen LogP contribution in [0.3, 0.4) is 0 Å². The minimum atomic E-state index is -0.868. The maximum Gasteiger partial charge on any atom is 0.220 e. The van der Waals surface area contributed by atoms with Gasteiger partial charge in [0.1, 0.15) is 0 Å². The van der Waals surface area contributed by atoms with E-state index in [1.54, 1.807) is 6.08 Å². The van der Waals surface area contributed by atoms with Crippen LogP contribution >= 0.6 is 0 Å². The third-order valence-electron chi connectivity index (χ3n) is 9.27. The Labute approximate surface area is 299 Å². The van der Waals surface area contributed by atoms with Crippen molar-refractivity contribution in [2.75, 3.05) is 6.61 Å². The van der Waals surface area contributed by atoms with Crippen molar-refractivity contribution in [3.05, 3.63) is 48.6 Å². The van der Waals surface area contributed by atoms with Crippen molar-refractivity contribution in [3.63, 3.8) is 0 Å². The number of carbonyl (C=O) groups excluding carboxylic acids is 1. The number of allylic oxidation sites excluding steroid dienone is 7. The zero-order valence-electron chi connectivity index (χ0n) is 32.0. The number of hydrogen-bond donors (Lipinski definition) is 3. The standard InChI is InChI=1S/C44H81NO3/c1-3-5-7-9-11-13-15-16-17-18-19-20-21-22-23-24-25-26-27-28-29-30-32-34-36-38-40-44(48)45-42(41-46)43(47)39-37-35-33-31-14-12-10-8-6-4-2/h6,8,14,22-23,31,37,39,42-43,46-47H,3-5,7,9-13,15-21,24-30,32-36,38,40-41H2,1-2H3,(H,45,48)/b8-6+,23-22-,31-14+,39-37+. The summed E-state index contributed by atoms with van der Waals surface area (Å²) in [5, 5.41) is 22.8. The van der Waals surface area contributed by atoms with Crippen molar-refractivity contribution in [3.8, 4) is 0 Å². The first kappa shape index (κ1) is 46.4. The van der Waals surface area contributed by atoms with Gasteiger partial charge < -0.3 is 15.5 Å². The summed E-state index contributed by atoms with van der Waals surface area (Å²) in [6.45, 7) is 4.17. The van der Waals surface area contributed by atoms with Crippen LogP contribution in [0.2, 0.25) is 0 Å². The maximum absolute atomic E-state index is 12.3. The molecular formula is C44H81NO3. The molecule has 0 bridgehead atoms. The fourth-order valence-corrected chi connectivity index (χ4v) is 6.09. The number of carbonyl (C=O) groups is 1. The van der Waals surface area contributed by atoms with Crippen molar-refractivity contribution < 1.29 is 15.0 Å². The summed E-state index contributed by atoms with van der Waals surface area (Å²) in [6, 6.07) is -0.644. The highest BCUT2D eigenvalue weighted by Gasteiger charge is 2.17. The molecule has 0 aromatic heterocycles. The predicted octanol–water partition coefficient (Wildman–Crippen LogP) is 12.8. The molecular weight excluding hydrogens is 590 g/mol. The van der Waals surface area contributed by atoms with Crippen LogP contribution in [0.25, 0.3) is 0 Å². The molecule has 280 valence electrons. The van der Waals surface area contributed by atoms with Crippen molar-refractivity contribution in [2.24, 2.45) is 0 Å². The molecule has 0 saturated carbocycles. The number of nitrogens with one attached hydrogen (secondary N) is 1. The molecule has 2 atom stereocenters. The average Bonchev–Trinajstić information content (AvgIpc) is 3.09. The quantitative estimate of drug-likeness (QED) is 0.0455. The van der Waals surface area contributed by atoms with Crippen LogP contribution in [0.4, 0.5) is 0 Å². The first-order valence-corrected chi connectivity index (χ1v) is 20.9. The maximum atomic E-state index is 12.3. The Bertz CT molecular complexity index is 771. The largest absolute Gasteiger partial charge is 0.394 e. The highest BCUT2D eigenvalue weighted by atomic mass is 16.3. The van der Waals surface area contributed by atoms with Gasteiger partial charge in [-0.25, -0.2) is 0 Å². The number of unbranched alkanes of at least 4 members (excludes halogenated alkanes) is 24. The second-order valence-corrected chi connectivity index (χ2v) is 14.0. The Morgan fingerprint density at radius 3 is 1.31 bits per heavy atom. The average molecular weight is 672 g/mol. The van der Waals surface area contributed by atoms with Crippen LogP contribution < -0.4 is 5.32 Å². The zero-order chi connectivity index (χ0) is 35.0. The lowest BCUT2D eigenvalue weighted by atomic mass is 10.0. The van der Waals surface area contributed by atoms with Crippen molar-refractivity contribution in [1.29, 1.82) is 0 Å². The Hall–Kier alpha value is -1.65. The topological polar surface area (TPSA) is 69.6 Å². The number of hydrogen-bond acceptors (Lipinski definition) is 3. The van der Waals surface area contributed by atoms with E-state index in [2.05, 4.69) is 55.6 Å². The molecule has 4 nitrogen and oxygen atoms in total. The van der Waals surface area contributed by atoms with E-state index >= 15 is 0 Å². The molecule has 0 spiro atoms. The van der Waals surface area contributed by atoms with Gasteiger partial charge in [0.15, 0.2) is 0 Å². The lowest BCUT2D eigenvalue weighted by Gasteiger charge is -2.19. The number of amides is 1. The summed E-state index contributed by atoms with van der Waals surface area (Å²) >= 11 is 0. The van der Waals surface area contributed by atoms with E-state index in [0.717, 1.165) is 44.9 Å². The molecule has 0 heterocycles. The van der Waals surface area contributed by atoms with Crippen LogP contribution in [0.1, 0.15) is 206 Å². The lowest BCUT2D eigenvalue weighted by Crippen LogP contribution is -2.45. The molecule has 0 aromatic rings. The van der Waals surface area contributed by atoms with Gasteiger partial charge in [0.2, 0.25) is 5.91 Å². The van der Waals surface area contributed by atoms with E-state index in [1.165, 1.54) is 141 Å². The molecule has 48 heavy (non-hydrogen) atoms. The number of aliphatic hydroxyl groups excluding tert-OH is 2.